The molecule has 8 heteroatoms. The van der Waals surface area contributed by atoms with Crippen LogP contribution in [-0.4, -0.2) is 47.9 Å². The molecule has 0 radical (unpaired) electrons. The van der Waals surface area contributed by atoms with E-state index >= 15 is 0 Å². The zero-order valence-electron chi connectivity index (χ0n) is 20.4. The van der Waals surface area contributed by atoms with Gasteiger partial charge in [-0.3, -0.25) is 14.4 Å². The molecule has 1 aliphatic rings. The number of nitrogens with one attached hydrogen (secondary N) is 3. The van der Waals surface area contributed by atoms with E-state index < -0.39 is 35.5 Å². The summed E-state index contributed by atoms with van der Waals surface area (Å²) in [6.07, 6.45) is 5.07. The maximum absolute atomic E-state index is 13.1. The van der Waals surface area contributed by atoms with Gasteiger partial charge in [-0.05, 0) is 45.1 Å². The lowest BCUT2D eigenvalue weighted by Gasteiger charge is -2.30. The van der Waals surface area contributed by atoms with Gasteiger partial charge in [-0.1, -0.05) is 55.7 Å². The van der Waals surface area contributed by atoms with Crippen molar-refractivity contribution in [1.82, 2.24) is 16.0 Å². The Balaban J connectivity index is 2.11. The van der Waals surface area contributed by atoms with Crippen molar-refractivity contribution in [2.75, 3.05) is 6.54 Å². The Morgan fingerprint density at radius 2 is 1.76 bits per heavy atom. The zero-order valence-corrected chi connectivity index (χ0v) is 20.4. The van der Waals surface area contributed by atoms with Crippen LogP contribution >= 0.6 is 0 Å². The van der Waals surface area contributed by atoms with Crippen molar-refractivity contribution in [1.29, 1.82) is 0 Å². The molecule has 8 nitrogen and oxygen atoms in total. The van der Waals surface area contributed by atoms with Gasteiger partial charge in [0.05, 0.1) is 0 Å². The average molecular weight is 472 g/mol. The van der Waals surface area contributed by atoms with Crippen LogP contribution in [0.2, 0.25) is 0 Å². The fourth-order valence-corrected chi connectivity index (χ4v) is 3.61. The standard InChI is InChI=1S/C26H37N3O5/c1-5-6-15-27-23(31)21(17-18-11-8-7-9-12-18)28-24(32)22(30)20(16-19-13-10-14-19)29-25(33)34-26(2,3)4/h5,7-9,11-12,19-21H,1,6,10,13-17H2,2-4H3,(H,27,31)(H,28,32)(H,29,33)/t20-,21-/m0/s1. The number of carbonyl (C=O) groups is 4. The average Bonchev–Trinajstić information content (AvgIpc) is 2.73. The molecule has 3 N–H and O–H groups in total. The molecule has 1 aliphatic carbocycles. The first-order valence-corrected chi connectivity index (χ1v) is 11.9. The van der Waals surface area contributed by atoms with E-state index in [4.69, 9.17) is 4.74 Å². The van der Waals surface area contributed by atoms with Gasteiger partial charge in [0.15, 0.2) is 0 Å². The third-order valence-corrected chi connectivity index (χ3v) is 5.58. The lowest BCUT2D eigenvalue weighted by atomic mass is 9.80. The highest BCUT2D eigenvalue weighted by Gasteiger charge is 2.34. The third-order valence-electron chi connectivity index (χ3n) is 5.58. The summed E-state index contributed by atoms with van der Waals surface area (Å²) in [5.41, 5.74) is 0.109. The summed E-state index contributed by atoms with van der Waals surface area (Å²) in [6.45, 7) is 9.18. The molecule has 0 spiro atoms. The first kappa shape index (κ1) is 27.1. The molecule has 2 atom stereocenters. The van der Waals surface area contributed by atoms with Gasteiger partial charge >= 0.3 is 6.09 Å². The highest BCUT2D eigenvalue weighted by Crippen LogP contribution is 2.30. The van der Waals surface area contributed by atoms with Gasteiger partial charge in [0.1, 0.15) is 17.7 Å². The summed E-state index contributed by atoms with van der Waals surface area (Å²) in [6, 6.07) is 7.29. The number of carbonyl (C=O) groups excluding carboxylic acids is 4. The van der Waals surface area contributed by atoms with Crippen molar-refractivity contribution in [2.45, 2.75) is 77.0 Å². The highest BCUT2D eigenvalue weighted by atomic mass is 16.6. The minimum absolute atomic E-state index is 0.229. The highest BCUT2D eigenvalue weighted by molar-refractivity contribution is 6.38. The van der Waals surface area contributed by atoms with Crippen LogP contribution in [-0.2, 0) is 25.5 Å². The van der Waals surface area contributed by atoms with Crippen LogP contribution in [0.25, 0.3) is 0 Å². The summed E-state index contributed by atoms with van der Waals surface area (Å²) in [7, 11) is 0. The van der Waals surface area contributed by atoms with Crippen LogP contribution in [0.15, 0.2) is 43.0 Å². The summed E-state index contributed by atoms with van der Waals surface area (Å²) >= 11 is 0. The van der Waals surface area contributed by atoms with Crippen LogP contribution < -0.4 is 16.0 Å². The molecule has 34 heavy (non-hydrogen) atoms. The Kier molecular flexibility index (Phi) is 10.3. The maximum Gasteiger partial charge on any atom is 0.408 e. The van der Waals surface area contributed by atoms with Crippen LogP contribution in [0.4, 0.5) is 4.79 Å². The van der Waals surface area contributed by atoms with Crippen LogP contribution in [0.5, 0.6) is 0 Å². The molecule has 1 aromatic rings. The molecule has 0 aromatic heterocycles. The lowest BCUT2D eigenvalue weighted by molar-refractivity contribution is -0.140. The minimum atomic E-state index is -1.01. The Morgan fingerprint density at radius 1 is 1.09 bits per heavy atom. The van der Waals surface area contributed by atoms with E-state index in [0.29, 0.717) is 19.4 Å². The molecule has 0 saturated heterocycles. The van der Waals surface area contributed by atoms with Gasteiger partial charge in [-0.2, -0.15) is 0 Å². The number of hydrogen-bond donors (Lipinski definition) is 3. The quantitative estimate of drug-likeness (QED) is 0.246. The van der Waals surface area contributed by atoms with Crippen molar-refractivity contribution in [3.8, 4) is 0 Å². The van der Waals surface area contributed by atoms with E-state index in [1.54, 1.807) is 26.8 Å². The predicted molar refractivity (Wildman–Crippen MR) is 130 cm³/mol. The topological polar surface area (TPSA) is 114 Å². The Bertz CT molecular complexity index is 859. The smallest absolute Gasteiger partial charge is 0.408 e. The first-order chi connectivity index (χ1) is 16.1. The van der Waals surface area contributed by atoms with Gasteiger partial charge in [-0.25, -0.2) is 4.79 Å². The van der Waals surface area contributed by atoms with E-state index in [1.165, 1.54) is 0 Å². The number of rotatable bonds is 12. The molecule has 1 aromatic carbocycles. The Hall–Kier alpha value is -3.16. The molecular weight excluding hydrogens is 434 g/mol. The van der Waals surface area contributed by atoms with Gasteiger partial charge in [0.25, 0.3) is 5.91 Å². The number of hydrogen-bond acceptors (Lipinski definition) is 5. The molecule has 0 aliphatic heterocycles. The monoisotopic (exact) mass is 471 g/mol. The second-order valence-corrected chi connectivity index (χ2v) is 9.68. The van der Waals surface area contributed by atoms with Gasteiger partial charge in [-0.15, -0.1) is 6.58 Å². The van der Waals surface area contributed by atoms with Crippen LogP contribution in [0, 0.1) is 5.92 Å². The molecule has 0 unspecified atom stereocenters. The predicted octanol–water partition coefficient (Wildman–Crippen LogP) is 3.06. The summed E-state index contributed by atoms with van der Waals surface area (Å²) in [5, 5.41) is 7.91. The van der Waals surface area contributed by atoms with E-state index in [0.717, 1.165) is 24.8 Å². The van der Waals surface area contributed by atoms with Crippen molar-refractivity contribution in [2.24, 2.45) is 5.92 Å². The SMILES string of the molecule is C=CCCNC(=O)[C@H](Cc1ccccc1)NC(=O)C(=O)[C@H](CC1CCC1)NC(=O)OC(C)(C)C. The molecule has 1 fully saturated rings. The molecule has 0 bridgehead atoms. The summed E-state index contributed by atoms with van der Waals surface area (Å²) < 4.78 is 5.28. The number of Topliss-reactive ketones (excluding diaryl/α,β-unsaturated/α-hetero) is 1. The zero-order chi connectivity index (χ0) is 25.1. The number of ketones is 1. The summed E-state index contributed by atoms with van der Waals surface area (Å²) in [5.74, 6) is -1.81. The van der Waals surface area contributed by atoms with E-state index in [2.05, 4.69) is 22.5 Å². The molecule has 3 amide bonds. The van der Waals surface area contributed by atoms with E-state index in [1.807, 2.05) is 30.3 Å². The van der Waals surface area contributed by atoms with Gasteiger partial charge < -0.3 is 20.7 Å². The second-order valence-electron chi connectivity index (χ2n) is 9.68. The van der Waals surface area contributed by atoms with Crippen molar-refractivity contribution in [3.05, 3.63) is 48.6 Å². The maximum atomic E-state index is 13.1. The first-order valence-electron chi connectivity index (χ1n) is 11.9. The van der Waals surface area contributed by atoms with Crippen molar-refractivity contribution < 1.29 is 23.9 Å². The van der Waals surface area contributed by atoms with E-state index in [-0.39, 0.29) is 18.2 Å². The van der Waals surface area contributed by atoms with E-state index in [9.17, 15) is 19.2 Å². The van der Waals surface area contributed by atoms with Crippen LogP contribution in [0.3, 0.4) is 0 Å². The minimum Gasteiger partial charge on any atom is -0.444 e. The number of amides is 3. The van der Waals surface area contributed by atoms with Gasteiger partial charge in [0, 0.05) is 13.0 Å². The fraction of sp³-hybridized carbons (Fsp3) is 0.538. The molecule has 1 saturated carbocycles. The fourth-order valence-electron chi connectivity index (χ4n) is 3.61. The Morgan fingerprint density at radius 3 is 2.32 bits per heavy atom. The van der Waals surface area contributed by atoms with Crippen molar-refractivity contribution in [3.63, 3.8) is 0 Å². The largest absolute Gasteiger partial charge is 0.444 e. The molecular formula is C26H37N3O5. The summed E-state index contributed by atoms with van der Waals surface area (Å²) in [4.78, 5) is 51.1. The second kappa shape index (κ2) is 12.9. The molecule has 0 heterocycles. The van der Waals surface area contributed by atoms with Crippen molar-refractivity contribution >= 4 is 23.7 Å². The molecule has 2 rings (SSSR count). The lowest BCUT2D eigenvalue weighted by Crippen LogP contribution is -2.54. The molecule has 186 valence electrons. The third kappa shape index (κ3) is 9.37. The number of ether oxygens (including phenoxy) is 1. The Labute approximate surface area is 201 Å². The van der Waals surface area contributed by atoms with Crippen LogP contribution in [0.1, 0.15) is 58.4 Å². The normalized spacial score (nSPS) is 15.3. The van der Waals surface area contributed by atoms with Gasteiger partial charge in [0.2, 0.25) is 11.7 Å². The number of alkyl carbamates (subject to hydrolysis) is 1. The number of benzene rings is 1.